The average Bonchev–Trinajstić information content (AvgIpc) is 3.74. The van der Waals surface area contributed by atoms with Crippen molar-refractivity contribution in [3.8, 4) is 44.5 Å². The second-order valence-corrected chi connectivity index (χ2v) is 16.8. The Bertz CT molecular complexity index is 2040. The Labute approximate surface area is 319 Å². The van der Waals surface area contributed by atoms with E-state index in [4.69, 9.17) is 17.0 Å². The average molecular weight is 783 g/mol. The van der Waals surface area contributed by atoms with Crippen LogP contribution in [0.3, 0.4) is 0 Å². The van der Waals surface area contributed by atoms with E-state index in [0.717, 1.165) is 9.52 Å². The SMILES string of the molecule is C[Si]C.Cc1cc2c(-c3ccccc3)c(-c3ccccc3)ccc2[cH-]1.Cc1cc2c(-c3ccccc3)c(-c3ccccc3)ccc2[cH-]1.[Cl][Zr+2][Cl]. The van der Waals surface area contributed by atoms with Gasteiger partial charge in [-0.2, -0.15) is 12.1 Å². The molecular formula is C46H40Cl2SiZr. The number of hydrogen-bond donors (Lipinski definition) is 0. The normalized spacial score (nSPS) is 10.2. The summed E-state index contributed by atoms with van der Waals surface area (Å²) in [7, 11) is 11.0. The zero-order valence-electron chi connectivity index (χ0n) is 28.9. The van der Waals surface area contributed by atoms with Crippen LogP contribution in [0, 0.1) is 13.8 Å². The summed E-state index contributed by atoms with van der Waals surface area (Å²) < 4.78 is 0. The molecule has 0 aliphatic heterocycles. The molecule has 0 bridgehead atoms. The molecule has 0 atom stereocenters. The fraction of sp³-hybridized carbons (Fsp3) is 0.0870. The third-order valence-electron chi connectivity index (χ3n) is 8.36. The van der Waals surface area contributed by atoms with Crippen molar-refractivity contribution in [1.29, 1.82) is 0 Å². The number of fused-ring (bicyclic) bond motifs is 2. The summed E-state index contributed by atoms with van der Waals surface area (Å²) in [5.41, 5.74) is 13.0. The van der Waals surface area contributed by atoms with Gasteiger partial charge < -0.3 is 0 Å². The Balaban J connectivity index is 0.000000168. The van der Waals surface area contributed by atoms with Gasteiger partial charge in [0.2, 0.25) is 0 Å². The van der Waals surface area contributed by atoms with Crippen LogP contribution in [0.4, 0.5) is 0 Å². The molecular weight excluding hydrogens is 743 g/mol. The van der Waals surface area contributed by atoms with Crippen molar-refractivity contribution in [2.75, 3.05) is 0 Å². The molecule has 2 radical (unpaired) electrons. The van der Waals surface area contributed by atoms with Gasteiger partial charge in [0, 0.05) is 9.52 Å². The summed E-state index contributed by atoms with van der Waals surface area (Å²) in [6, 6.07) is 60.7. The van der Waals surface area contributed by atoms with Crippen molar-refractivity contribution < 1.29 is 20.8 Å². The second kappa shape index (κ2) is 19.0. The molecule has 0 amide bonds. The molecule has 8 rings (SSSR count). The summed E-state index contributed by atoms with van der Waals surface area (Å²) in [5.74, 6) is 0. The maximum atomic E-state index is 4.93. The van der Waals surface area contributed by atoms with Gasteiger partial charge in [-0.25, -0.2) is 0 Å². The summed E-state index contributed by atoms with van der Waals surface area (Å²) in [6.07, 6.45) is 0. The molecule has 0 unspecified atom stereocenters. The van der Waals surface area contributed by atoms with Crippen LogP contribution in [0.25, 0.3) is 66.1 Å². The number of rotatable bonds is 4. The minimum atomic E-state index is -0.826. The monoisotopic (exact) mass is 780 g/mol. The van der Waals surface area contributed by atoms with Gasteiger partial charge in [0.05, 0.1) is 0 Å². The van der Waals surface area contributed by atoms with E-state index in [2.05, 4.69) is 197 Å². The van der Waals surface area contributed by atoms with Crippen LogP contribution in [-0.2, 0) is 20.8 Å². The molecule has 4 heteroatoms. The van der Waals surface area contributed by atoms with Gasteiger partial charge in [-0.05, 0) is 33.4 Å². The molecule has 0 aliphatic carbocycles. The Morgan fingerprint density at radius 3 is 1.02 bits per heavy atom. The predicted octanol–water partition coefficient (Wildman–Crippen LogP) is 14.6. The molecule has 8 aromatic carbocycles. The quantitative estimate of drug-likeness (QED) is 0.123. The van der Waals surface area contributed by atoms with Gasteiger partial charge >= 0.3 is 37.9 Å². The summed E-state index contributed by atoms with van der Waals surface area (Å²) in [5, 5.41) is 5.31. The zero-order chi connectivity index (χ0) is 35.3. The summed E-state index contributed by atoms with van der Waals surface area (Å²) in [4.78, 5) is 0. The molecule has 0 fully saturated rings. The van der Waals surface area contributed by atoms with Gasteiger partial charge in [-0.3, -0.25) is 0 Å². The molecule has 0 nitrogen and oxygen atoms in total. The molecule has 0 saturated carbocycles. The van der Waals surface area contributed by atoms with Gasteiger partial charge in [0.1, 0.15) is 0 Å². The number of halogens is 2. The minimum absolute atomic E-state index is 0.826. The first-order valence-electron chi connectivity index (χ1n) is 16.7. The Morgan fingerprint density at radius 2 is 0.720 bits per heavy atom. The molecule has 0 saturated heterocycles. The van der Waals surface area contributed by atoms with Crippen molar-refractivity contribution >= 4 is 48.1 Å². The summed E-state index contributed by atoms with van der Waals surface area (Å²) >= 11 is -0.826. The van der Waals surface area contributed by atoms with Crippen LogP contribution in [0.2, 0.25) is 13.1 Å². The van der Waals surface area contributed by atoms with E-state index < -0.39 is 20.8 Å². The molecule has 0 aromatic heterocycles. The van der Waals surface area contributed by atoms with Crippen LogP contribution in [-0.4, -0.2) is 9.52 Å². The molecule has 0 N–H and O–H groups in total. The first kappa shape index (κ1) is 37.5. The first-order chi connectivity index (χ1) is 24.5. The van der Waals surface area contributed by atoms with E-state index in [1.54, 1.807) is 0 Å². The van der Waals surface area contributed by atoms with E-state index in [9.17, 15) is 0 Å². The number of aryl methyl sites for hydroxylation is 2. The van der Waals surface area contributed by atoms with Gasteiger partial charge in [-0.15, -0.1) is 56.9 Å². The third kappa shape index (κ3) is 9.30. The van der Waals surface area contributed by atoms with Crippen LogP contribution in [0.5, 0.6) is 0 Å². The predicted molar refractivity (Wildman–Crippen MR) is 219 cm³/mol. The van der Waals surface area contributed by atoms with E-state index in [1.807, 2.05) is 0 Å². The molecule has 50 heavy (non-hydrogen) atoms. The summed E-state index contributed by atoms with van der Waals surface area (Å²) in [6.45, 7) is 8.63. The van der Waals surface area contributed by atoms with Crippen molar-refractivity contribution in [3.05, 3.63) is 181 Å². The van der Waals surface area contributed by atoms with Crippen LogP contribution >= 0.6 is 17.0 Å². The maximum absolute atomic E-state index is 4.93. The topological polar surface area (TPSA) is 0 Å². The molecule has 246 valence electrons. The third-order valence-corrected chi connectivity index (χ3v) is 8.36. The van der Waals surface area contributed by atoms with E-state index in [-0.39, 0.29) is 0 Å². The van der Waals surface area contributed by atoms with Gasteiger partial charge in [-0.1, -0.05) is 172 Å². The molecule has 0 heterocycles. The molecule has 8 aromatic rings. The van der Waals surface area contributed by atoms with Gasteiger partial charge in [0.25, 0.3) is 0 Å². The zero-order valence-corrected chi connectivity index (χ0v) is 33.9. The van der Waals surface area contributed by atoms with Crippen molar-refractivity contribution in [1.82, 2.24) is 0 Å². The first-order valence-corrected chi connectivity index (χ1v) is 25.0. The molecule has 0 spiro atoms. The Morgan fingerprint density at radius 1 is 0.440 bits per heavy atom. The van der Waals surface area contributed by atoms with Gasteiger partial charge in [0.15, 0.2) is 0 Å². The van der Waals surface area contributed by atoms with Crippen LogP contribution in [0.1, 0.15) is 11.1 Å². The number of hydrogen-bond acceptors (Lipinski definition) is 0. The van der Waals surface area contributed by atoms with E-state index >= 15 is 0 Å². The van der Waals surface area contributed by atoms with Crippen molar-refractivity contribution in [2.45, 2.75) is 26.9 Å². The standard InChI is InChI=1S/2C22H17.C2H6Si.2ClH.Zr/c2*1-16-14-19-12-13-20(17-8-4-2-5-9-17)22(21(19)15-16)18-10-6-3-7-11-18;1-3-2;;;/h2*2-15H,1H3;1-2H3;2*1H;/q2*-1;;;;+4/p-2. The fourth-order valence-corrected chi connectivity index (χ4v) is 6.41. The van der Waals surface area contributed by atoms with Crippen molar-refractivity contribution in [3.63, 3.8) is 0 Å². The Hall–Kier alpha value is -3.78. The van der Waals surface area contributed by atoms with E-state index in [0.29, 0.717) is 0 Å². The second-order valence-electron chi connectivity index (χ2n) is 12.1. The van der Waals surface area contributed by atoms with Crippen LogP contribution in [0.15, 0.2) is 170 Å². The number of benzene rings is 6. The fourth-order valence-electron chi connectivity index (χ4n) is 6.41. The van der Waals surface area contributed by atoms with Crippen molar-refractivity contribution in [2.24, 2.45) is 0 Å². The van der Waals surface area contributed by atoms with Crippen LogP contribution < -0.4 is 0 Å². The molecule has 0 aliphatic rings. The van der Waals surface area contributed by atoms with E-state index in [1.165, 1.54) is 77.2 Å². The Kier molecular flexibility index (Phi) is 14.2.